The molecule has 0 radical (unpaired) electrons. The van der Waals surface area contributed by atoms with Crippen molar-refractivity contribution in [2.45, 2.75) is 84.2 Å². The molecule has 12 nitrogen and oxygen atoms in total. The van der Waals surface area contributed by atoms with Crippen molar-refractivity contribution in [3.8, 4) is 0 Å². The number of nitrogens with zero attached hydrogens (tertiary/aromatic N) is 4. The molecular formula is C30H40N6O6. The minimum Gasteiger partial charge on any atom is -0.467 e. The zero-order valence-electron chi connectivity index (χ0n) is 25.2. The molecule has 42 heavy (non-hydrogen) atoms. The van der Waals surface area contributed by atoms with E-state index in [2.05, 4.69) is 20.7 Å². The van der Waals surface area contributed by atoms with Crippen LogP contribution in [0.2, 0.25) is 0 Å². The van der Waals surface area contributed by atoms with Crippen LogP contribution in [0.3, 0.4) is 0 Å². The van der Waals surface area contributed by atoms with Gasteiger partial charge in [0.15, 0.2) is 0 Å². The average molecular weight is 581 g/mol. The Kier molecular flexibility index (Phi) is 10.1. The van der Waals surface area contributed by atoms with Crippen molar-refractivity contribution in [1.82, 2.24) is 15.5 Å². The van der Waals surface area contributed by atoms with Gasteiger partial charge in [0.25, 0.3) is 0 Å². The molecule has 0 saturated carbocycles. The van der Waals surface area contributed by atoms with Gasteiger partial charge in [-0.3, -0.25) is 9.59 Å². The highest BCUT2D eigenvalue weighted by atomic mass is 16.6. The third kappa shape index (κ3) is 8.36. The van der Waals surface area contributed by atoms with Crippen LogP contribution in [0, 0.1) is 5.41 Å². The number of nitrogens with one attached hydrogen (secondary N) is 2. The maximum atomic E-state index is 13.9. The van der Waals surface area contributed by atoms with Crippen molar-refractivity contribution in [1.29, 1.82) is 0 Å². The van der Waals surface area contributed by atoms with Gasteiger partial charge in [-0.2, -0.15) is 0 Å². The number of likely N-dealkylation sites (tertiary alicyclic amines) is 1. The summed E-state index contributed by atoms with van der Waals surface area (Å²) in [5.41, 5.74) is 8.32. The predicted octanol–water partition coefficient (Wildman–Crippen LogP) is 4.26. The van der Waals surface area contributed by atoms with Crippen LogP contribution in [-0.2, 0) is 30.3 Å². The highest BCUT2D eigenvalue weighted by Crippen LogP contribution is 2.28. The summed E-state index contributed by atoms with van der Waals surface area (Å²) in [4.78, 5) is 57.1. The third-order valence-corrected chi connectivity index (χ3v) is 6.91. The highest BCUT2D eigenvalue weighted by molar-refractivity contribution is 5.94. The Morgan fingerprint density at radius 2 is 1.71 bits per heavy atom. The minimum absolute atomic E-state index is 0.0306. The number of azide groups is 1. The van der Waals surface area contributed by atoms with Crippen molar-refractivity contribution in [2.24, 2.45) is 10.5 Å². The number of fused-ring (bicyclic) bond motifs is 1. The fourth-order valence-corrected chi connectivity index (χ4v) is 4.91. The molecule has 12 heteroatoms. The van der Waals surface area contributed by atoms with E-state index in [4.69, 9.17) is 15.0 Å². The zero-order valence-corrected chi connectivity index (χ0v) is 25.2. The second-order valence-corrected chi connectivity index (χ2v) is 12.5. The lowest BCUT2D eigenvalue weighted by Crippen LogP contribution is -2.59. The molecule has 1 aliphatic rings. The Hall–Kier alpha value is -4.31. The molecular weight excluding hydrogens is 540 g/mol. The first-order valence-corrected chi connectivity index (χ1v) is 13.8. The number of ether oxygens (including phenoxy) is 2. The van der Waals surface area contributed by atoms with E-state index in [0.29, 0.717) is 0 Å². The van der Waals surface area contributed by atoms with Gasteiger partial charge in [-0.15, -0.1) is 0 Å². The molecule has 1 fully saturated rings. The number of esters is 1. The lowest BCUT2D eigenvalue weighted by atomic mass is 9.85. The summed E-state index contributed by atoms with van der Waals surface area (Å²) in [7, 11) is 1.24. The number of amides is 3. The molecule has 226 valence electrons. The minimum atomic E-state index is -1.05. The number of hydrogen-bond donors (Lipinski definition) is 2. The van der Waals surface area contributed by atoms with Crippen LogP contribution in [-0.4, -0.2) is 72.2 Å². The van der Waals surface area contributed by atoms with Gasteiger partial charge in [0.1, 0.15) is 23.7 Å². The Bertz CT molecular complexity index is 1370. The van der Waals surface area contributed by atoms with Crippen LogP contribution < -0.4 is 10.6 Å². The third-order valence-electron chi connectivity index (χ3n) is 6.91. The van der Waals surface area contributed by atoms with E-state index in [9.17, 15) is 19.2 Å². The van der Waals surface area contributed by atoms with Crippen molar-refractivity contribution < 1.29 is 28.7 Å². The van der Waals surface area contributed by atoms with Crippen molar-refractivity contribution in [3.05, 3.63) is 58.5 Å². The first-order valence-electron chi connectivity index (χ1n) is 13.8. The standard InChI is InChI=1S/C30H40N6O6/c1-29(2,3)24(33-28(40)42-30(4,5)6)26(38)36-17-21(34-35-31)16-23(36)25(37)32-22(27(39)41-7)15-18-12-13-19-10-8-9-11-20(19)14-18/h8-14,21-24H,15-17H2,1-7H3,(H,32,37)(H,33,40)/t21-,22?,23-,24+/m0/s1. The maximum absolute atomic E-state index is 13.9. The summed E-state index contributed by atoms with van der Waals surface area (Å²) < 4.78 is 10.3. The largest absolute Gasteiger partial charge is 0.467 e. The second-order valence-electron chi connectivity index (χ2n) is 12.5. The van der Waals surface area contributed by atoms with Gasteiger partial charge in [-0.05, 0) is 54.5 Å². The van der Waals surface area contributed by atoms with Gasteiger partial charge in [0.2, 0.25) is 11.8 Å². The normalized spacial score (nSPS) is 18.4. The van der Waals surface area contributed by atoms with E-state index in [1.54, 1.807) is 41.5 Å². The van der Waals surface area contributed by atoms with E-state index in [-0.39, 0.29) is 19.4 Å². The van der Waals surface area contributed by atoms with Gasteiger partial charge in [0, 0.05) is 17.9 Å². The second kappa shape index (κ2) is 13.1. The van der Waals surface area contributed by atoms with Crippen LogP contribution in [0.15, 0.2) is 47.6 Å². The number of benzene rings is 2. The van der Waals surface area contributed by atoms with E-state index in [1.807, 2.05) is 42.5 Å². The molecule has 4 atom stereocenters. The summed E-state index contributed by atoms with van der Waals surface area (Å²) in [6, 6.07) is 9.74. The van der Waals surface area contributed by atoms with Gasteiger partial charge < -0.3 is 25.0 Å². The van der Waals surface area contributed by atoms with E-state index in [0.717, 1.165) is 16.3 Å². The maximum Gasteiger partial charge on any atom is 0.408 e. The number of carbonyl (C=O) groups excluding carboxylic acids is 4. The fraction of sp³-hybridized carbons (Fsp3) is 0.533. The van der Waals surface area contributed by atoms with Crippen molar-refractivity contribution in [2.75, 3.05) is 13.7 Å². The lowest BCUT2D eigenvalue weighted by Gasteiger charge is -2.36. The summed E-state index contributed by atoms with van der Waals surface area (Å²) in [5.74, 6) is -1.77. The summed E-state index contributed by atoms with van der Waals surface area (Å²) in [6.45, 7) is 10.4. The first kappa shape index (κ1) is 32.2. The van der Waals surface area contributed by atoms with Gasteiger partial charge >= 0.3 is 12.1 Å². The SMILES string of the molecule is COC(=O)C(Cc1ccc2ccccc2c1)NC(=O)[C@@H]1C[C@H](N=[N+]=[N-])CN1C(=O)[C@@H](NC(=O)OC(C)(C)C)C(C)(C)C. The van der Waals surface area contributed by atoms with Crippen molar-refractivity contribution >= 4 is 34.6 Å². The molecule has 2 aromatic carbocycles. The number of alkyl carbamates (subject to hydrolysis) is 1. The van der Waals surface area contributed by atoms with Gasteiger partial charge in [0.05, 0.1) is 13.2 Å². The van der Waals surface area contributed by atoms with E-state index in [1.165, 1.54) is 12.0 Å². The number of hydrogen-bond acceptors (Lipinski definition) is 7. The molecule has 0 aromatic heterocycles. The lowest BCUT2D eigenvalue weighted by molar-refractivity contribution is -0.147. The van der Waals surface area contributed by atoms with E-state index >= 15 is 0 Å². The molecule has 0 bridgehead atoms. The highest BCUT2D eigenvalue weighted by Gasteiger charge is 2.45. The Labute approximate surface area is 245 Å². The average Bonchev–Trinajstić information content (AvgIpc) is 3.33. The van der Waals surface area contributed by atoms with Crippen LogP contribution in [0.5, 0.6) is 0 Å². The summed E-state index contributed by atoms with van der Waals surface area (Å²) in [5, 5.41) is 11.2. The Morgan fingerprint density at radius 1 is 1.05 bits per heavy atom. The van der Waals surface area contributed by atoms with Crippen LogP contribution in [0.25, 0.3) is 21.2 Å². The number of carbonyl (C=O) groups is 4. The number of methoxy groups -OCH3 is 1. The molecule has 2 N–H and O–H groups in total. The van der Waals surface area contributed by atoms with Crippen molar-refractivity contribution in [3.63, 3.8) is 0 Å². The van der Waals surface area contributed by atoms with Crippen LogP contribution >= 0.6 is 0 Å². The quantitative estimate of drug-likeness (QED) is 0.205. The topological polar surface area (TPSA) is 163 Å². The molecule has 1 saturated heterocycles. The number of rotatable bonds is 8. The van der Waals surface area contributed by atoms with Crippen LogP contribution in [0.4, 0.5) is 4.79 Å². The molecule has 0 aliphatic carbocycles. The molecule has 3 amide bonds. The Balaban J connectivity index is 1.86. The Morgan fingerprint density at radius 3 is 2.31 bits per heavy atom. The fourth-order valence-electron chi connectivity index (χ4n) is 4.91. The predicted molar refractivity (Wildman–Crippen MR) is 157 cm³/mol. The van der Waals surface area contributed by atoms with Gasteiger partial charge in [-0.25, -0.2) is 9.59 Å². The molecule has 1 unspecified atom stereocenters. The monoisotopic (exact) mass is 580 g/mol. The first-order chi connectivity index (χ1) is 19.6. The molecule has 3 rings (SSSR count). The zero-order chi connectivity index (χ0) is 31.2. The molecule has 2 aromatic rings. The van der Waals surface area contributed by atoms with E-state index < -0.39 is 59.1 Å². The molecule has 0 spiro atoms. The smallest absolute Gasteiger partial charge is 0.408 e. The van der Waals surface area contributed by atoms with Gasteiger partial charge in [-0.1, -0.05) is 68.4 Å². The molecule has 1 heterocycles. The summed E-state index contributed by atoms with van der Waals surface area (Å²) >= 11 is 0. The molecule has 1 aliphatic heterocycles. The summed E-state index contributed by atoms with van der Waals surface area (Å²) in [6.07, 6.45) is -0.563. The van der Waals surface area contributed by atoms with Crippen LogP contribution in [0.1, 0.15) is 53.5 Å².